The van der Waals surface area contributed by atoms with Crippen LogP contribution in [0.25, 0.3) is 11.0 Å². The number of anilines is 1. The number of carbonyl (C=O) groups is 1. The van der Waals surface area contributed by atoms with Gasteiger partial charge in [-0.3, -0.25) is 4.79 Å². The molecule has 0 saturated heterocycles. The van der Waals surface area contributed by atoms with Gasteiger partial charge < -0.3 is 14.8 Å². The average molecular weight is 486 g/mol. The first-order valence-corrected chi connectivity index (χ1v) is 9.09. The van der Waals surface area contributed by atoms with E-state index in [1.54, 1.807) is 0 Å². The van der Waals surface area contributed by atoms with Crippen LogP contribution in [0, 0.1) is 6.92 Å². The lowest BCUT2D eigenvalue weighted by Crippen LogP contribution is -2.54. The molecule has 0 radical (unpaired) electrons. The van der Waals surface area contributed by atoms with Crippen molar-refractivity contribution in [1.82, 2.24) is 0 Å². The summed E-state index contributed by atoms with van der Waals surface area (Å²) in [5.74, 6) is -1.70. The number of hydrogen-bond acceptors (Lipinski definition) is 3. The van der Waals surface area contributed by atoms with Crippen LogP contribution < -0.4 is 5.32 Å². The third-order valence-corrected chi connectivity index (χ3v) is 5.14. The monoisotopic (exact) mass is 485 g/mol. The summed E-state index contributed by atoms with van der Waals surface area (Å²) < 4.78 is 85.4. The zero-order valence-corrected chi connectivity index (χ0v) is 16.8. The van der Waals surface area contributed by atoms with Crippen molar-refractivity contribution in [2.24, 2.45) is 0 Å². The summed E-state index contributed by atoms with van der Waals surface area (Å²) in [5.41, 5.74) is -7.62. The second-order valence-electron chi connectivity index (χ2n) is 6.47. The van der Waals surface area contributed by atoms with Crippen LogP contribution in [0.4, 0.5) is 32.0 Å². The summed E-state index contributed by atoms with van der Waals surface area (Å²) in [6, 6.07) is 7.40. The Morgan fingerprint density at radius 2 is 1.48 bits per heavy atom. The number of nitrogens with one attached hydrogen (secondary N) is 1. The molecule has 3 rings (SSSR count). The van der Waals surface area contributed by atoms with E-state index in [0.29, 0.717) is 0 Å². The fourth-order valence-corrected chi connectivity index (χ4v) is 3.70. The summed E-state index contributed by atoms with van der Waals surface area (Å²) in [7, 11) is 0. The molecule has 12 heteroatoms. The highest BCUT2D eigenvalue weighted by Gasteiger charge is 2.73. The van der Waals surface area contributed by atoms with Crippen molar-refractivity contribution in [2.45, 2.75) is 24.9 Å². The first-order chi connectivity index (χ1) is 14.2. The molecule has 0 unspecified atom stereocenters. The number of fused-ring (bicyclic) bond motifs is 1. The minimum absolute atomic E-state index is 0.0305. The van der Waals surface area contributed by atoms with Gasteiger partial charge in [-0.25, -0.2) is 0 Å². The Morgan fingerprint density at radius 3 is 2.00 bits per heavy atom. The van der Waals surface area contributed by atoms with E-state index in [0.717, 1.165) is 19.1 Å². The van der Waals surface area contributed by atoms with E-state index in [2.05, 4.69) is 5.32 Å². The number of carbonyl (C=O) groups excluding carboxylic acids is 1. The van der Waals surface area contributed by atoms with Crippen molar-refractivity contribution in [2.75, 3.05) is 5.32 Å². The van der Waals surface area contributed by atoms with E-state index >= 15 is 0 Å². The van der Waals surface area contributed by atoms with Gasteiger partial charge in [-0.2, -0.15) is 26.3 Å². The quantitative estimate of drug-likeness (QED) is 0.410. The van der Waals surface area contributed by atoms with Gasteiger partial charge >= 0.3 is 12.4 Å². The summed E-state index contributed by atoms with van der Waals surface area (Å²) in [5, 5.41) is 11.4. The fraction of sp³-hybridized carbons (Fsp3) is 0.211. The third-order valence-electron chi connectivity index (χ3n) is 4.51. The molecular formula is C19H11Cl2F6NO3. The summed E-state index contributed by atoms with van der Waals surface area (Å²) in [6.07, 6.45) is -12.2. The maximum atomic E-state index is 13.4. The predicted octanol–water partition coefficient (Wildman–Crippen LogP) is 6.61. The van der Waals surface area contributed by atoms with Gasteiger partial charge in [0.2, 0.25) is 0 Å². The van der Waals surface area contributed by atoms with Gasteiger partial charge in [0.1, 0.15) is 5.76 Å². The topological polar surface area (TPSA) is 62.5 Å². The SMILES string of the molecule is Cc1oc2c(NC(=O)c3c(Cl)cccc3Cl)cccc2c1C(O)(C(F)(F)F)C(F)(F)F. The molecule has 2 N–H and O–H groups in total. The number of rotatable bonds is 3. The standard InChI is InChI=1S/C19H11Cl2F6NO3/c1-8-14(17(30,18(22,23)24)19(25,26)27)9-4-2-7-12(15(9)31-8)28-16(29)13-10(20)5-3-6-11(13)21/h2-7,30H,1H3,(H,28,29). The second-order valence-corrected chi connectivity index (χ2v) is 7.29. The van der Waals surface area contributed by atoms with E-state index in [1.807, 2.05) is 0 Å². The number of furan rings is 1. The highest BCUT2D eigenvalue weighted by atomic mass is 35.5. The molecule has 0 aliphatic rings. The van der Waals surface area contributed by atoms with Crippen molar-refractivity contribution in [3.05, 3.63) is 63.3 Å². The van der Waals surface area contributed by atoms with E-state index in [-0.39, 0.29) is 21.3 Å². The Hall–Kier alpha value is -2.43. The van der Waals surface area contributed by atoms with E-state index in [9.17, 15) is 36.2 Å². The highest BCUT2D eigenvalue weighted by molar-refractivity contribution is 6.40. The molecule has 4 nitrogen and oxygen atoms in total. The molecule has 2 aromatic carbocycles. The number of hydrogen-bond donors (Lipinski definition) is 2. The van der Waals surface area contributed by atoms with E-state index in [4.69, 9.17) is 27.6 Å². The second kappa shape index (κ2) is 7.61. The number of aryl methyl sites for hydroxylation is 1. The maximum absolute atomic E-state index is 13.4. The van der Waals surface area contributed by atoms with Crippen LogP contribution >= 0.6 is 23.2 Å². The van der Waals surface area contributed by atoms with Crippen LogP contribution in [-0.4, -0.2) is 23.4 Å². The fourth-order valence-electron chi connectivity index (χ4n) is 3.13. The first-order valence-electron chi connectivity index (χ1n) is 8.34. The lowest BCUT2D eigenvalue weighted by molar-refractivity contribution is -0.376. The minimum Gasteiger partial charge on any atom is -0.459 e. The van der Waals surface area contributed by atoms with Gasteiger partial charge in [0.25, 0.3) is 11.5 Å². The molecule has 1 amide bonds. The summed E-state index contributed by atoms with van der Waals surface area (Å²) >= 11 is 11.9. The molecule has 0 fully saturated rings. The van der Waals surface area contributed by atoms with Crippen LogP contribution in [0.15, 0.2) is 40.8 Å². The number of alkyl halides is 6. The van der Waals surface area contributed by atoms with Gasteiger partial charge in [0, 0.05) is 5.39 Å². The minimum atomic E-state index is -6.10. The molecule has 0 saturated carbocycles. The molecule has 1 aromatic heterocycles. The Bertz CT molecular complexity index is 1140. The van der Waals surface area contributed by atoms with Gasteiger partial charge in [-0.1, -0.05) is 41.4 Å². The molecule has 0 bridgehead atoms. The van der Waals surface area contributed by atoms with Crippen LogP contribution in [0.2, 0.25) is 10.0 Å². The lowest BCUT2D eigenvalue weighted by Gasteiger charge is -2.32. The Morgan fingerprint density at radius 1 is 0.968 bits per heavy atom. The van der Waals surface area contributed by atoms with Crippen molar-refractivity contribution >= 4 is 45.8 Å². The lowest BCUT2D eigenvalue weighted by atomic mass is 9.89. The molecule has 0 aliphatic heterocycles. The number of benzene rings is 2. The van der Waals surface area contributed by atoms with Gasteiger partial charge in [0.05, 0.1) is 26.9 Å². The molecule has 0 spiro atoms. The number of halogens is 8. The van der Waals surface area contributed by atoms with Gasteiger partial charge in [-0.05, 0) is 25.1 Å². The number of amides is 1. The molecular weight excluding hydrogens is 475 g/mol. The molecule has 0 atom stereocenters. The smallest absolute Gasteiger partial charge is 0.430 e. The normalized spacial score (nSPS) is 13.0. The summed E-state index contributed by atoms with van der Waals surface area (Å²) in [4.78, 5) is 12.6. The Labute approximate surface area is 180 Å². The molecule has 3 aromatic rings. The van der Waals surface area contributed by atoms with Crippen molar-refractivity contribution < 1.29 is 40.7 Å². The molecule has 0 aliphatic carbocycles. The average Bonchev–Trinajstić information content (AvgIpc) is 2.96. The van der Waals surface area contributed by atoms with Crippen LogP contribution in [0.3, 0.4) is 0 Å². The number of para-hydroxylation sites is 1. The zero-order chi connectivity index (χ0) is 23.4. The zero-order valence-electron chi connectivity index (χ0n) is 15.3. The first kappa shape index (κ1) is 23.2. The van der Waals surface area contributed by atoms with Crippen molar-refractivity contribution in [3.8, 4) is 0 Å². The number of aliphatic hydroxyl groups is 1. The Balaban J connectivity index is 2.18. The van der Waals surface area contributed by atoms with Crippen molar-refractivity contribution in [3.63, 3.8) is 0 Å². The van der Waals surface area contributed by atoms with Crippen molar-refractivity contribution in [1.29, 1.82) is 0 Å². The highest BCUT2D eigenvalue weighted by Crippen LogP contribution is 2.53. The van der Waals surface area contributed by atoms with Gasteiger partial charge in [0.15, 0.2) is 5.58 Å². The third kappa shape index (κ3) is 3.72. The largest absolute Gasteiger partial charge is 0.459 e. The molecule has 166 valence electrons. The van der Waals surface area contributed by atoms with Crippen LogP contribution in [0.1, 0.15) is 21.7 Å². The van der Waals surface area contributed by atoms with Gasteiger partial charge in [-0.15, -0.1) is 0 Å². The van der Waals surface area contributed by atoms with E-state index in [1.165, 1.54) is 24.3 Å². The van der Waals surface area contributed by atoms with E-state index < -0.39 is 46.2 Å². The molecule has 31 heavy (non-hydrogen) atoms. The predicted molar refractivity (Wildman–Crippen MR) is 101 cm³/mol. The van der Waals surface area contributed by atoms with Crippen LogP contribution in [-0.2, 0) is 5.60 Å². The van der Waals surface area contributed by atoms with Crippen LogP contribution in [0.5, 0.6) is 0 Å². The molecule has 1 heterocycles. The Kier molecular flexibility index (Phi) is 5.71. The maximum Gasteiger partial charge on any atom is 0.430 e. The summed E-state index contributed by atoms with van der Waals surface area (Å²) in [6.45, 7) is 0.842.